The van der Waals surface area contributed by atoms with Gasteiger partial charge < -0.3 is 10.4 Å². The molecular formula is C15H20N4O2. The molecule has 6 nitrogen and oxygen atoms in total. The maximum Gasteiger partial charge on any atom is 0.269 e. The molecule has 21 heavy (non-hydrogen) atoms. The molecule has 2 unspecified atom stereocenters. The monoisotopic (exact) mass is 288 g/mol. The number of rotatable bonds is 6. The number of H-pyrrole nitrogens is 1. The van der Waals surface area contributed by atoms with E-state index in [0.717, 1.165) is 12.0 Å². The molecular weight excluding hydrogens is 268 g/mol. The van der Waals surface area contributed by atoms with Crippen molar-refractivity contribution in [2.24, 2.45) is 5.92 Å². The zero-order valence-corrected chi connectivity index (χ0v) is 12.2. The number of carbonyl (C=O) groups is 1. The van der Waals surface area contributed by atoms with Crippen molar-refractivity contribution in [3.8, 4) is 11.3 Å². The predicted molar refractivity (Wildman–Crippen MR) is 79.6 cm³/mol. The van der Waals surface area contributed by atoms with Crippen molar-refractivity contribution in [2.45, 2.75) is 26.3 Å². The van der Waals surface area contributed by atoms with Crippen LogP contribution in [-0.4, -0.2) is 38.8 Å². The van der Waals surface area contributed by atoms with Gasteiger partial charge >= 0.3 is 0 Å². The average Bonchev–Trinajstić information content (AvgIpc) is 3.02. The molecule has 0 aliphatic carbocycles. The Morgan fingerprint density at radius 1 is 1.43 bits per heavy atom. The van der Waals surface area contributed by atoms with E-state index in [2.05, 4.69) is 20.5 Å². The zero-order chi connectivity index (χ0) is 15.2. The Morgan fingerprint density at radius 3 is 2.76 bits per heavy atom. The van der Waals surface area contributed by atoms with Gasteiger partial charge in [-0.3, -0.25) is 14.9 Å². The number of aliphatic hydroxyl groups is 1. The SMILES string of the molecule is CCC(C)C(CO)NC(=O)c1cc(-c2ccncc2)n[nH]1. The van der Waals surface area contributed by atoms with Gasteiger partial charge in [-0.25, -0.2) is 0 Å². The number of amides is 1. The van der Waals surface area contributed by atoms with Crippen LogP contribution in [0, 0.1) is 5.92 Å². The summed E-state index contributed by atoms with van der Waals surface area (Å²) in [6, 6.07) is 5.09. The van der Waals surface area contributed by atoms with Crippen molar-refractivity contribution in [2.75, 3.05) is 6.61 Å². The Bertz CT molecular complexity index is 582. The minimum absolute atomic E-state index is 0.0773. The molecule has 2 atom stereocenters. The van der Waals surface area contributed by atoms with E-state index in [0.29, 0.717) is 11.4 Å². The van der Waals surface area contributed by atoms with Crippen LogP contribution in [0.5, 0.6) is 0 Å². The largest absolute Gasteiger partial charge is 0.394 e. The summed E-state index contributed by atoms with van der Waals surface area (Å²) in [5.41, 5.74) is 1.95. The molecule has 6 heteroatoms. The zero-order valence-electron chi connectivity index (χ0n) is 12.2. The molecule has 0 aliphatic rings. The molecule has 2 aromatic heterocycles. The number of hydrogen-bond acceptors (Lipinski definition) is 4. The molecule has 0 radical (unpaired) electrons. The van der Waals surface area contributed by atoms with Crippen molar-refractivity contribution in [3.63, 3.8) is 0 Å². The number of aromatic amines is 1. The fourth-order valence-corrected chi connectivity index (χ4v) is 2.01. The van der Waals surface area contributed by atoms with Gasteiger partial charge in [0.2, 0.25) is 0 Å². The van der Waals surface area contributed by atoms with Gasteiger partial charge in [-0.05, 0) is 24.1 Å². The number of aliphatic hydroxyl groups excluding tert-OH is 1. The third-order valence-corrected chi connectivity index (χ3v) is 3.64. The highest BCUT2D eigenvalue weighted by molar-refractivity contribution is 5.93. The Labute approximate surface area is 123 Å². The number of hydrogen-bond donors (Lipinski definition) is 3. The molecule has 0 fully saturated rings. The summed E-state index contributed by atoms with van der Waals surface area (Å²) in [5.74, 6) is -0.0521. The van der Waals surface area contributed by atoms with Crippen molar-refractivity contribution in [1.29, 1.82) is 0 Å². The molecule has 0 aromatic carbocycles. The average molecular weight is 288 g/mol. The van der Waals surface area contributed by atoms with Gasteiger partial charge in [0.05, 0.1) is 18.3 Å². The smallest absolute Gasteiger partial charge is 0.269 e. The van der Waals surface area contributed by atoms with E-state index in [4.69, 9.17) is 0 Å². The first-order valence-corrected chi connectivity index (χ1v) is 7.03. The van der Waals surface area contributed by atoms with E-state index in [9.17, 15) is 9.90 Å². The summed E-state index contributed by atoms with van der Waals surface area (Å²) < 4.78 is 0. The van der Waals surface area contributed by atoms with Crippen LogP contribution in [0.1, 0.15) is 30.8 Å². The molecule has 0 bridgehead atoms. The minimum Gasteiger partial charge on any atom is -0.394 e. The van der Waals surface area contributed by atoms with Crippen LogP contribution >= 0.6 is 0 Å². The van der Waals surface area contributed by atoms with E-state index in [1.807, 2.05) is 26.0 Å². The highest BCUT2D eigenvalue weighted by atomic mass is 16.3. The maximum atomic E-state index is 12.2. The molecule has 0 spiro atoms. The van der Waals surface area contributed by atoms with Crippen molar-refractivity contribution < 1.29 is 9.90 Å². The quantitative estimate of drug-likeness (QED) is 0.753. The highest BCUT2D eigenvalue weighted by Gasteiger charge is 2.19. The lowest BCUT2D eigenvalue weighted by molar-refractivity contribution is 0.0886. The highest BCUT2D eigenvalue weighted by Crippen LogP contribution is 2.16. The summed E-state index contributed by atoms with van der Waals surface area (Å²) in [4.78, 5) is 16.1. The molecule has 0 saturated carbocycles. The van der Waals surface area contributed by atoms with Crippen LogP contribution in [0.4, 0.5) is 0 Å². The Morgan fingerprint density at radius 2 is 2.14 bits per heavy atom. The third kappa shape index (κ3) is 3.66. The lowest BCUT2D eigenvalue weighted by Crippen LogP contribution is -2.42. The fraction of sp³-hybridized carbons (Fsp3) is 0.400. The molecule has 1 amide bonds. The first-order chi connectivity index (χ1) is 10.2. The van der Waals surface area contributed by atoms with Crippen LogP contribution in [-0.2, 0) is 0 Å². The van der Waals surface area contributed by atoms with Gasteiger partial charge in [0.25, 0.3) is 5.91 Å². The molecule has 2 heterocycles. The Kier molecular flexibility index (Phi) is 5.05. The third-order valence-electron chi connectivity index (χ3n) is 3.64. The summed E-state index contributed by atoms with van der Waals surface area (Å²) >= 11 is 0. The summed E-state index contributed by atoms with van der Waals surface area (Å²) in [6.45, 7) is 3.94. The molecule has 2 aromatic rings. The van der Waals surface area contributed by atoms with Crippen molar-refractivity contribution in [3.05, 3.63) is 36.3 Å². The minimum atomic E-state index is -0.262. The number of aromatic nitrogens is 3. The van der Waals surface area contributed by atoms with Gasteiger partial charge in [-0.15, -0.1) is 0 Å². The number of pyridine rings is 1. The Hall–Kier alpha value is -2.21. The van der Waals surface area contributed by atoms with E-state index < -0.39 is 0 Å². The molecule has 0 saturated heterocycles. The summed E-state index contributed by atoms with van der Waals surface area (Å²) in [6.07, 6.45) is 4.24. The standard InChI is InChI=1S/C15H20N4O2/c1-3-10(2)14(9-20)17-15(21)13-8-12(18-19-13)11-4-6-16-7-5-11/h4-8,10,14,20H,3,9H2,1-2H3,(H,17,21)(H,18,19). The second kappa shape index (κ2) is 6.99. The van der Waals surface area contributed by atoms with Gasteiger partial charge in [0.15, 0.2) is 0 Å². The molecule has 2 rings (SSSR count). The van der Waals surface area contributed by atoms with Crippen LogP contribution in [0.15, 0.2) is 30.6 Å². The van der Waals surface area contributed by atoms with E-state index in [-0.39, 0.29) is 24.5 Å². The lowest BCUT2D eigenvalue weighted by atomic mass is 10.00. The number of nitrogens with zero attached hydrogens (tertiary/aromatic N) is 2. The number of nitrogens with one attached hydrogen (secondary N) is 2. The Balaban J connectivity index is 2.09. The number of carbonyl (C=O) groups excluding carboxylic acids is 1. The first kappa shape index (κ1) is 15.2. The van der Waals surface area contributed by atoms with E-state index in [1.54, 1.807) is 18.5 Å². The van der Waals surface area contributed by atoms with E-state index in [1.165, 1.54) is 0 Å². The summed E-state index contributed by atoms with van der Waals surface area (Å²) in [5, 5.41) is 19.0. The molecule has 3 N–H and O–H groups in total. The van der Waals surface area contributed by atoms with Crippen LogP contribution in [0.3, 0.4) is 0 Å². The first-order valence-electron chi connectivity index (χ1n) is 7.03. The maximum absolute atomic E-state index is 12.2. The fourth-order valence-electron chi connectivity index (χ4n) is 2.01. The van der Waals surface area contributed by atoms with Gasteiger partial charge in [-0.2, -0.15) is 5.10 Å². The molecule has 112 valence electrons. The summed E-state index contributed by atoms with van der Waals surface area (Å²) in [7, 11) is 0. The second-order valence-corrected chi connectivity index (χ2v) is 5.05. The van der Waals surface area contributed by atoms with Gasteiger partial charge in [0, 0.05) is 18.0 Å². The normalized spacial score (nSPS) is 13.7. The topological polar surface area (TPSA) is 90.9 Å². The van der Waals surface area contributed by atoms with Crippen molar-refractivity contribution >= 4 is 5.91 Å². The molecule has 0 aliphatic heterocycles. The van der Waals surface area contributed by atoms with Crippen LogP contribution < -0.4 is 5.32 Å². The lowest BCUT2D eigenvalue weighted by Gasteiger charge is -2.21. The predicted octanol–water partition coefficient (Wildman–Crippen LogP) is 1.61. The van der Waals surface area contributed by atoms with Crippen molar-refractivity contribution in [1.82, 2.24) is 20.5 Å². The van der Waals surface area contributed by atoms with E-state index >= 15 is 0 Å². The second-order valence-electron chi connectivity index (χ2n) is 5.05. The van der Waals surface area contributed by atoms with Crippen LogP contribution in [0.2, 0.25) is 0 Å². The van der Waals surface area contributed by atoms with Crippen LogP contribution in [0.25, 0.3) is 11.3 Å². The van der Waals surface area contributed by atoms with Gasteiger partial charge in [0.1, 0.15) is 5.69 Å². The van der Waals surface area contributed by atoms with Gasteiger partial charge in [-0.1, -0.05) is 20.3 Å².